The highest BCUT2D eigenvalue weighted by Gasteiger charge is 2.17. The van der Waals surface area contributed by atoms with E-state index >= 15 is 0 Å². The van der Waals surface area contributed by atoms with Crippen molar-refractivity contribution >= 4 is 11.9 Å². The molecule has 21 heavy (non-hydrogen) atoms. The van der Waals surface area contributed by atoms with Gasteiger partial charge in [-0.2, -0.15) is 5.10 Å². The van der Waals surface area contributed by atoms with Crippen molar-refractivity contribution in [3.8, 4) is 0 Å². The van der Waals surface area contributed by atoms with Crippen LogP contribution in [0.4, 0.5) is 5.95 Å². The van der Waals surface area contributed by atoms with E-state index in [1.54, 1.807) is 29.2 Å². The highest BCUT2D eigenvalue weighted by atomic mass is 16.2. The normalized spacial score (nSPS) is 10.5. The Bertz CT molecular complexity index is 649. The third-order valence-corrected chi connectivity index (χ3v) is 3.29. The van der Waals surface area contributed by atoms with E-state index in [-0.39, 0.29) is 5.91 Å². The Balaban J connectivity index is 2.18. The summed E-state index contributed by atoms with van der Waals surface area (Å²) in [5, 5.41) is 6.83. The van der Waals surface area contributed by atoms with Crippen LogP contribution in [0.1, 0.15) is 27.3 Å². The zero-order valence-electron chi connectivity index (χ0n) is 13.0. The molecule has 0 aliphatic heterocycles. The fraction of sp³-hybridized carbons (Fsp3) is 0.429. The number of nitrogens with zero attached hydrogens (tertiary/aromatic N) is 5. The third kappa shape index (κ3) is 3.18. The number of hydrogen-bond acceptors (Lipinski definition) is 5. The molecule has 112 valence electrons. The molecule has 2 rings (SSSR count). The van der Waals surface area contributed by atoms with Crippen molar-refractivity contribution < 1.29 is 4.79 Å². The van der Waals surface area contributed by atoms with Crippen molar-refractivity contribution in [3.63, 3.8) is 0 Å². The molecule has 1 amide bonds. The minimum Gasteiger partial charge on any atom is -0.347 e. The highest BCUT2D eigenvalue weighted by molar-refractivity contribution is 5.94. The van der Waals surface area contributed by atoms with Gasteiger partial charge in [-0.05, 0) is 13.8 Å². The van der Waals surface area contributed by atoms with Crippen LogP contribution < -0.4 is 4.90 Å². The molecule has 2 aromatic heterocycles. The number of nitrogens with one attached hydrogen (secondary N) is 1. The molecule has 0 unspecified atom stereocenters. The first-order valence-corrected chi connectivity index (χ1v) is 6.65. The maximum Gasteiger partial charge on any atom is 0.257 e. The van der Waals surface area contributed by atoms with Gasteiger partial charge >= 0.3 is 0 Å². The molecular weight excluding hydrogens is 268 g/mol. The molecule has 0 saturated heterocycles. The van der Waals surface area contributed by atoms with Crippen molar-refractivity contribution in [1.29, 1.82) is 0 Å². The topological polar surface area (TPSA) is 78.0 Å². The molecule has 0 saturated carbocycles. The number of aromatic nitrogens is 4. The number of rotatable bonds is 4. The van der Waals surface area contributed by atoms with Gasteiger partial charge in [0.1, 0.15) is 0 Å². The summed E-state index contributed by atoms with van der Waals surface area (Å²) < 4.78 is 0. The van der Waals surface area contributed by atoms with Crippen LogP contribution in [0.2, 0.25) is 0 Å². The smallest absolute Gasteiger partial charge is 0.257 e. The molecule has 0 spiro atoms. The minimum absolute atomic E-state index is 0.0987. The molecule has 0 atom stereocenters. The lowest BCUT2D eigenvalue weighted by Crippen LogP contribution is -2.28. The van der Waals surface area contributed by atoms with Crippen LogP contribution in [-0.4, -0.2) is 52.1 Å². The van der Waals surface area contributed by atoms with E-state index < -0.39 is 0 Å². The molecule has 0 fully saturated rings. The summed E-state index contributed by atoms with van der Waals surface area (Å²) in [5.74, 6) is 0.496. The summed E-state index contributed by atoms with van der Waals surface area (Å²) in [7, 11) is 5.49. The molecule has 0 aliphatic carbocycles. The van der Waals surface area contributed by atoms with Gasteiger partial charge in [0.2, 0.25) is 5.95 Å². The van der Waals surface area contributed by atoms with Gasteiger partial charge in [0.05, 0.1) is 17.5 Å². The number of carbonyl (C=O) groups excluding carboxylic acids is 1. The zero-order valence-corrected chi connectivity index (χ0v) is 13.0. The predicted octanol–water partition coefficient (Wildman–Crippen LogP) is 1.15. The van der Waals surface area contributed by atoms with Crippen LogP contribution >= 0.6 is 0 Å². The van der Waals surface area contributed by atoms with Crippen LogP contribution in [0.3, 0.4) is 0 Å². The quantitative estimate of drug-likeness (QED) is 0.913. The third-order valence-electron chi connectivity index (χ3n) is 3.29. The minimum atomic E-state index is -0.0987. The molecule has 0 aromatic carbocycles. The standard InChI is InChI=1S/C14H20N6O/c1-9-11(6-16-18-9)8-20(5)13(21)12-7-15-14(19(3)4)17-10(12)2/h6-7H,8H2,1-5H3,(H,16,18). The lowest BCUT2D eigenvalue weighted by Gasteiger charge is -2.18. The van der Waals surface area contributed by atoms with Crippen LogP contribution in [0.15, 0.2) is 12.4 Å². The van der Waals surface area contributed by atoms with Crippen LogP contribution in [0.5, 0.6) is 0 Å². The van der Waals surface area contributed by atoms with E-state index in [1.165, 1.54) is 0 Å². The fourth-order valence-corrected chi connectivity index (χ4v) is 1.95. The van der Waals surface area contributed by atoms with Gasteiger partial charge < -0.3 is 9.80 Å². The number of aromatic amines is 1. The number of aryl methyl sites for hydroxylation is 2. The Morgan fingerprint density at radius 1 is 1.24 bits per heavy atom. The lowest BCUT2D eigenvalue weighted by molar-refractivity contribution is 0.0783. The Morgan fingerprint density at radius 3 is 2.48 bits per heavy atom. The van der Waals surface area contributed by atoms with E-state index in [4.69, 9.17) is 0 Å². The maximum absolute atomic E-state index is 12.5. The highest BCUT2D eigenvalue weighted by Crippen LogP contribution is 2.13. The second kappa shape index (κ2) is 5.90. The lowest BCUT2D eigenvalue weighted by atomic mass is 10.2. The molecule has 7 heteroatoms. The van der Waals surface area contributed by atoms with E-state index in [9.17, 15) is 4.79 Å². The van der Waals surface area contributed by atoms with Gasteiger partial charge in [0.15, 0.2) is 0 Å². The average Bonchev–Trinajstić information content (AvgIpc) is 2.83. The van der Waals surface area contributed by atoms with E-state index in [1.807, 2.05) is 27.9 Å². The first kappa shape index (κ1) is 15.0. The zero-order chi connectivity index (χ0) is 15.6. The molecule has 1 N–H and O–H groups in total. The number of carbonyl (C=O) groups is 1. The van der Waals surface area contributed by atoms with Crippen molar-refractivity contribution in [2.24, 2.45) is 0 Å². The van der Waals surface area contributed by atoms with E-state index in [0.717, 1.165) is 11.3 Å². The largest absolute Gasteiger partial charge is 0.347 e. The van der Waals surface area contributed by atoms with Crippen molar-refractivity contribution in [3.05, 3.63) is 34.9 Å². The maximum atomic E-state index is 12.5. The Labute approximate surface area is 124 Å². The summed E-state index contributed by atoms with van der Waals surface area (Å²) in [6, 6.07) is 0. The number of anilines is 1. The first-order chi connectivity index (χ1) is 9.90. The monoisotopic (exact) mass is 288 g/mol. The van der Waals surface area contributed by atoms with E-state index in [2.05, 4.69) is 20.2 Å². The van der Waals surface area contributed by atoms with E-state index in [0.29, 0.717) is 23.8 Å². The van der Waals surface area contributed by atoms with Crippen LogP contribution in [-0.2, 0) is 6.54 Å². The van der Waals surface area contributed by atoms with Gasteiger partial charge in [0, 0.05) is 45.1 Å². The van der Waals surface area contributed by atoms with Crippen LogP contribution in [0, 0.1) is 13.8 Å². The number of hydrogen-bond donors (Lipinski definition) is 1. The molecule has 0 aliphatic rings. The SMILES string of the molecule is Cc1nc(N(C)C)ncc1C(=O)N(C)Cc1cn[nH]c1C. The second-order valence-electron chi connectivity index (χ2n) is 5.24. The number of H-pyrrole nitrogens is 1. The summed E-state index contributed by atoms with van der Waals surface area (Å²) in [6.45, 7) is 4.25. The molecule has 2 aromatic rings. The molecule has 0 radical (unpaired) electrons. The van der Waals surface area contributed by atoms with Gasteiger partial charge in [-0.25, -0.2) is 9.97 Å². The average molecular weight is 288 g/mol. The molecule has 7 nitrogen and oxygen atoms in total. The van der Waals surface area contributed by atoms with Crippen molar-refractivity contribution in [1.82, 2.24) is 25.1 Å². The molecule has 2 heterocycles. The van der Waals surface area contributed by atoms with Crippen molar-refractivity contribution in [2.45, 2.75) is 20.4 Å². The van der Waals surface area contributed by atoms with Crippen LogP contribution in [0.25, 0.3) is 0 Å². The van der Waals surface area contributed by atoms with Gasteiger partial charge in [-0.3, -0.25) is 9.89 Å². The first-order valence-electron chi connectivity index (χ1n) is 6.65. The fourth-order valence-electron chi connectivity index (χ4n) is 1.95. The van der Waals surface area contributed by atoms with Gasteiger partial charge in [-0.1, -0.05) is 0 Å². The molecule has 0 bridgehead atoms. The van der Waals surface area contributed by atoms with Gasteiger partial charge in [0.25, 0.3) is 5.91 Å². The Hall–Kier alpha value is -2.44. The Morgan fingerprint density at radius 2 is 1.95 bits per heavy atom. The van der Waals surface area contributed by atoms with Gasteiger partial charge in [-0.15, -0.1) is 0 Å². The predicted molar refractivity (Wildman–Crippen MR) is 80.2 cm³/mol. The summed E-state index contributed by atoms with van der Waals surface area (Å²) >= 11 is 0. The van der Waals surface area contributed by atoms with Crippen molar-refractivity contribution in [2.75, 3.05) is 26.0 Å². The second-order valence-corrected chi connectivity index (χ2v) is 5.24. The number of amides is 1. The summed E-state index contributed by atoms with van der Waals surface area (Å²) in [5.41, 5.74) is 3.15. The summed E-state index contributed by atoms with van der Waals surface area (Å²) in [6.07, 6.45) is 3.32. The summed E-state index contributed by atoms with van der Waals surface area (Å²) in [4.78, 5) is 24.5. The Kier molecular flexibility index (Phi) is 4.21. The molecular formula is C14H20N6O.